The summed E-state index contributed by atoms with van der Waals surface area (Å²) in [5.41, 5.74) is 8.47. The minimum atomic E-state index is 0.0170. The molecule has 2 unspecified atom stereocenters. The van der Waals surface area contributed by atoms with Crippen molar-refractivity contribution in [3.8, 4) is 0 Å². The van der Waals surface area contributed by atoms with Crippen LogP contribution in [-0.2, 0) is 18.2 Å². The second-order valence-corrected chi connectivity index (χ2v) is 6.08. The maximum absolute atomic E-state index is 6.28. The average molecular weight is 277 g/mol. The number of fused-ring (bicyclic) bond motifs is 1. The fourth-order valence-corrected chi connectivity index (χ4v) is 3.43. The highest BCUT2D eigenvalue weighted by atomic mass is 32.2. The van der Waals surface area contributed by atoms with E-state index in [0.29, 0.717) is 0 Å². The first-order valence-corrected chi connectivity index (χ1v) is 7.76. The Bertz CT molecular complexity index is 563. The number of rotatable bonds is 3. The van der Waals surface area contributed by atoms with Gasteiger partial charge < -0.3 is 15.0 Å². The molecule has 4 nitrogen and oxygen atoms in total. The van der Waals surface area contributed by atoms with Crippen molar-refractivity contribution in [1.82, 2.24) is 9.55 Å². The molecule has 0 amide bonds. The summed E-state index contributed by atoms with van der Waals surface area (Å²) >= 11 is 1.92. The van der Waals surface area contributed by atoms with E-state index in [1.165, 1.54) is 0 Å². The summed E-state index contributed by atoms with van der Waals surface area (Å²) in [6.45, 7) is 0.811. The predicted octanol–water partition coefficient (Wildman–Crippen LogP) is 1.58. The number of thioether (sulfide) groups is 1. The Morgan fingerprint density at radius 1 is 1.53 bits per heavy atom. The molecule has 1 aliphatic rings. The van der Waals surface area contributed by atoms with E-state index in [-0.39, 0.29) is 12.1 Å². The van der Waals surface area contributed by atoms with Gasteiger partial charge in [-0.1, -0.05) is 12.1 Å². The Kier molecular flexibility index (Phi) is 3.77. The van der Waals surface area contributed by atoms with Crippen molar-refractivity contribution in [3.05, 3.63) is 30.1 Å². The topological polar surface area (TPSA) is 53.1 Å². The third-order valence-electron chi connectivity index (χ3n) is 3.62. The standard InChI is InChI=1S/C14H19N3OS/c1-17-12-5-3-2-4-11(12)16-14(17)8-10(15)13-9-19-7-6-18-13/h2-5,10,13H,6-9,15H2,1H3. The maximum atomic E-state index is 6.28. The molecule has 19 heavy (non-hydrogen) atoms. The Morgan fingerprint density at radius 3 is 3.11 bits per heavy atom. The monoisotopic (exact) mass is 277 g/mol. The molecule has 0 saturated carbocycles. The van der Waals surface area contributed by atoms with Crippen LogP contribution in [-0.4, -0.2) is 39.8 Å². The molecule has 0 aliphatic carbocycles. The van der Waals surface area contributed by atoms with Crippen molar-refractivity contribution in [2.24, 2.45) is 12.8 Å². The van der Waals surface area contributed by atoms with Gasteiger partial charge in [-0.3, -0.25) is 0 Å². The summed E-state index contributed by atoms with van der Waals surface area (Å²) in [6, 6.07) is 8.19. The molecule has 0 radical (unpaired) electrons. The molecule has 1 fully saturated rings. The van der Waals surface area contributed by atoms with E-state index in [2.05, 4.69) is 15.6 Å². The quantitative estimate of drug-likeness (QED) is 0.925. The van der Waals surface area contributed by atoms with Crippen molar-refractivity contribution in [2.75, 3.05) is 18.1 Å². The lowest BCUT2D eigenvalue weighted by atomic mass is 10.1. The lowest BCUT2D eigenvalue weighted by molar-refractivity contribution is 0.0566. The van der Waals surface area contributed by atoms with Gasteiger partial charge in [0.05, 0.1) is 23.7 Å². The van der Waals surface area contributed by atoms with Crippen molar-refractivity contribution >= 4 is 22.8 Å². The largest absolute Gasteiger partial charge is 0.375 e. The second kappa shape index (κ2) is 5.53. The number of para-hydroxylation sites is 2. The molecule has 1 aliphatic heterocycles. The van der Waals surface area contributed by atoms with Crippen LogP contribution in [0.5, 0.6) is 0 Å². The smallest absolute Gasteiger partial charge is 0.111 e. The number of aromatic nitrogens is 2. The first-order chi connectivity index (χ1) is 9.25. The minimum absolute atomic E-state index is 0.0170. The Labute approximate surface area is 117 Å². The fourth-order valence-electron chi connectivity index (χ4n) is 2.47. The van der Waals surface area contributed by atoms with Gasteiger partial charge in [-0.25, -0.2) is 4.98 Å². The Morgan fingerprint density at radius 2 is 2.37 bits per heavy atom. The molecule has 102 valence electrons. The van der Waals surface area contributed by atoms with E-state index in [0.717, 1.165) is 41.4 Å². The molecule has 0 bridgehead atoms. The van der Waals surface area contributed by atoms with Gasteiger partial charge >= 0.3 is 0 Å². The molecule has 1 aromatic heterocycles. The van der Waals surface area contributed by atoms with Crippen molar-refractivity contribution < 1.29 is 4.74 Å². The van der Waals surface area contributed by atoms with Crippen LogP contribution in [0.3, 0.4) is 0 Å². The summed E-state index contributed by atoms with van der Waals surface area (Å²) in [5.74, 6) is 3.11. The van der Waals surface area contributed by atoms with Crippen LogP contribution in [0, 0.1) is 0 Å². The van der Waals surface area contributed by atoms with Crippen LogP contribution in [0.4, 0.5) is 0 Å². The summed E-state index contributed by atoms with van der Waals surface area (Å²) in [4.78, 5) is 4.67. The average Bonchev–Trinajstić information content (AvgIpc) is 2.77. The zero-order valence-corrected chi connectivity index (χ0v) is 11.9. The molecule has 2 atom stereocenters. The highest BCUT2D eigenvalue weighted by molar-refractivity contribution is 7.99. The number of benzene rings is 1. The third kappa shape index (κ3) is 2.63. The minimum Gasteiger partial charge on any atom is -0.375 e. The SMILES string of the molecule is Cn1c(CC(N)C2CSCCO2)nc2ccccc21. The second-order valence-electron chi connectivity index (χ2n) is 4.93. The summed E-state index contributed by atoms with van der Waals surface area (Å²) in [5, 5.41) is 0. The van der Waals surface area contributed by atoms with Crippen molar-refractivity contribution in [2.45, 2.75) is 18.6 Å². The van der Waals surface area contributed by atoms with Gasteiger partial charge in [0.2, 0.25) is 0 Å². The van der Waals surface area contributed by atoms with Crippen LogP contribution < -0.4 is 5.73 Å². The first-order valence-electron chi connectivity index (χ1n) is 6.61. The Hall–Kier alpha value is -1.04. The van der Waals surface area contributed by atoms with E-state index in [9.17, 15) is 0 Å². The highest BCUT2D eigenvalue weighted by Gasteiger charge is 2.23. The molecule has 2 N–H and O–H groups in total. The molecule has 1 aromatic carbocycles. The molecule has 5 heteroatoms. The van der Waals surface area contributed by atoms with E-state index < -0.39 is 0 Å². The van der Waals surface area contributed by atoms with Gasteiger partial charge in [-0.05, 0) is 12.1 Å². The zero-order valence-electron chi connectivity index (χ0n) is 11.1. The lowest BCUT2D eigenvalue weighted by Crippen LogP contribution is -2.43. The molecule has 2 aromatic rings. The Balaban J connectivity index is 1.78. The molecule has 1 saturated heterocycles. The van der Waals surface area contributed by atoms with Crippen LogP contribution in [0.1, 0.15) is 5.82 Å². The van der Waals surface area contributed by atoms with Crippen molar-refractivity contribution in [1.29, 1.82) is 0 Å². The molecular weight excluding hydrogens is 258 g/mol. The number of imidazole rings is 1. The van der Waals surface area contributed by atoms with E-state index in [1.54, 1.807) is 0 Å². The molecule has 3 rings (SSSR count). The third-order valence-corrected chi connectivity index (χ3v) is 4.64. The van der Waals surface area contributed by atoms with E-state index in [1.807, 2.05) is 37.0 Å². The number of aryl methyl sites for hydroxylation is 1. The van der Waals surface area contributed by atoms with E-state index >= 15 is 0 Å². The highest BCUT2D eigenvalue weighted by Crippen LogP contribution is 2.19. The number of hydrogen-bond acceptors (Lipinski definition) is 4. The molecule has 0 spiro atoms. The van der Waals surface area contributed by atoms with Crippen LogP contribution >= 0.6 is 11.8 Å². The number of ether oxygens (including phenoxy) is 1. The van der Waals surface area contributed by atoms with E-state index in [4.69, 9.17) is 10.5 Å². The van der Waals surface area contributed by atoms with Gasteiger partial charge in [0.25, 0.3) is 0 Å². The van der Waals surface area contributed by atoms with Gasteiger partial charge in [0.15, 0.2) is 0 Å². The van der Waals surface area contributed by atoms with Gasteiger partial charge in [0, 0.05) is 31.0 Å². The summed E-state index contributed by atoms with van der Waals surface area (Å²) < 4.78 is 7.87. The van der Waals surface area contributed by atoms with Gasteiger partial charge in [-0.2, -0.15) is 11.8 Å². The molecular formula is C14H19N3OS. The fraction of sp³-hybridized carbons (Fsp3) is 0.500. The van der Waals surface area contributed by atoms with Gasteiger partial charge in [-0.15, -0.1) is 0 Å². The van der Waals surface area contributed by atoms with Crippen LogP contribution in [0.2, 0.25) is 0 Å². The molecule has 2 heterocycles. The van der Waals surface area contributed by atoms with Crippen LogP contribution in [0.15, 0.2) is 24.3 Å². The van der Waals surface area contributed by atoms with Crippen molar-refractivity contribution in [3.63, 3.8) is 0 Å². The number of nitrogens with zero attached hydrogens (tertiary/aromatic N) is 2. The van der Waals surface area contributed by atoms with Crippen LogP contribution in [0.25, 0.3) is 11.0 Å². The number of hydrogen-bond donors (Lipinski definition) is 1. The normalized spacial score (nSPS) is 21.7. The lowest BCUT2D eigenvalue weighted by Gasteiger charge is -2.27. The zero-order chi connectivity index (χ0) is 13.2. The summed E-state index contributed by atoms with van der Waals surface area (Å²) in [7, 11) is 2.05. The summed E-state index contributed by atoms with van der Waals surface area (Å²) in [6.07, 6.45) is 0.912. The maximum Gasteiger partial charge on any atom is 0.111 e. The van der Waals surface area contributed by atoms with Gasteiger partial charge in [0.1, 0.15) is 5.82 Å². The predicted molar refractivity (Wildman–Crippen MR) is 79.5 cm³/mol. The first kappa shape index (κ1) is 13.0. The number of nitrogens with two attached hydrogens (primary N) is 1.